The third kappa shape index (κ3) is 1.78. The van der Waals surface area contributed by atoms with Crippen LogP contribution in [-0.4, -0.2) is 9.97 Å². The summed E-state index contributed by atoms with van der Waals surface area (Å²) in [7, 11) is 0. The van der Waals surface area contributed by atoms with Crippen LogP contribution in [0.15, 0.2) is 18.2 Å². The third-order valence-corrected chi connectivity index (χ3v) is 2.14. The number of nitrogens with two attached hydrogens (primary N) is 1. The fourth-order valence-electron chi connectivity index (χ4n) is 1.47. The molecule has 2 N–H and O–H groups in total. The van der Waals surface area contributed by atoms with Gasteiger partial charge in [0.1, 0.15) is 0 Å². The van der Waals surface area contributed by atoms with Crippen LogP contribution in [0.5, 0.6) is 0 Å². The van der Waals surface area contributed by atoms with Crippen LogP contribution in [0, 0.1) is 6.92 Å². The van der Waals surface area contributed by atoms with Crippen molar-refractivity contribution in [1.29, 1.82) is 0 Å². The van der Waals surface area contributed by atoms with Crippen LogP contribution in [0.3, 0.4) is 0 Å². The van der Waals surface area contributed by atoms with E-state index in [9.17, 15) is 13.2 Å². The van der Waals surface area contributed by atoms with Gasteiger partial charge in [-0.1, -0.05) is 12.1 Å². The molecule has 1 aromatic carbocycles. The number of hydrogen-bond donors (Lipinski definition) is 1. The molecule has 0 spiro atoms. The highest BCUT2D eigenvalue weighted by Gasteiger charge is 2.35. The summed E-state index contributed by atoms with van der Waals surface area (Å²) in [5.41, 5.74) is 5.28. The lowest BCUT2D eigenvalue weighted by Gasteiger charge is -2.09. The van der Waals surface area contributed by atoms with Crippen molar-refractivity contribution in [1.82, 2.24) is 9.97 Å². The molecule has 84 valence electrons. The second-order valence-electron chi connectivity index (χ2n) is 3.45. The zero-order valence-electron chi connectivity index (χ0n) is 8.34. The number of fused-ring (bicyclic) bond motifs is 1. The zero-order chi connectivity index (χ0) is 11.9. The van der Waals surface area contributed by atoms with Crippen LogP contribution < -0.4 is 5.73 Å². The Morgan fingerprint density at radius 2 is 1.88 bits per heavy atom. The van der Waals surface area contributed by atoms with E-state index in [-0.39, 0.29) is 16.9 Å². The summed E-state index contributed by atoms with van der Waals surface area (Å²) in [4.78, 5) is 7.02. The maximum absolute atomic E-state index is 12.7. The summed E-state index contributed by atoms with van der Waals surface area (Å²) in [5.74, 6) is -0.370. The zero-order valence-corrected chi connectivity index (χ0v) is 8.34. The van der Waals surface area contributed by atoms with Crippen molar-refractivity contribution in [3.8, 4) is 0 Å². The second-order valence-corrected chi connectivity index (χ2v) is 3.45. The van der Waals surface area contributed by atoms with E-state index in [4.69, 9.17) is 5.73 Å². The van der Waals surface area contributed by atoms with Crippen molar-refractivity contribution >= 4 is 16.9 Å². The van der Waals surface area contributed by atoms with E-state index in [2.05, 4.69) is 9.97 Å². The predicted octanol–water partition coefficient (Wildman–Crippen LogP) is 2.54. The Kier molecular flexibility index (Phi) is 2.22. The maximum atomic E-state index is 12.7. The molecule has 0 aliphatic carbocycles. The summed E-state index contributed by atoms with van der Waals surface area (Å²) in [6.45, 7) is 1.77. The SMILES string of the molecule is Cc1ccc2c(C(F)(F)F)nc(N)nc2c1. The topological polar surface area (TPSA) is 51.8 Å². The Hall–Kier alpha value is -1.85. The first kappa shape index (κ1) is 10.7. The smallest absolute Gasteiger partial charge is 0.368 e. The molecule has 2 aromatic rings. The lowest BCUT2D eigenvalue weighted by Crippen LogP contribution is -2.11. The van der Waals surface area contributed by atoms with Gasteiger partial charge in [0.05, 0.1) is 5.52 Å². The van der Waals surface area contributed by atoms with Gasteiger partial charge in [0.2, 0.25) is 5.95 Å². The monoisotopic (exact) mass is 227 g/mol. The van der Waals surface area contributed by atoms with Gasteiger partial charge < -0.3 is 5.73 Å². The molecule has 1 aromatic heterocycles. The Bertz CT molecular complexity index is 543. The van der Waals surface area contributed by atoms with Crippen molar-refractivity contribution in [2.24, 2.45) is 0 Å². The number of halogens is 3. The van der Waals surface area contributed by atoms with Gasteiger partial charge in [0, 0.05) is 5.39 Å². The molecular weight excluding hydrogens is 219 g/mol. The number of nitrogen functional groups attached to an aromatic ring is 1. The van der Waals surface area contributed by atoms with Crippen LogP contribution >= 0.6 is 0 Å². The van der Waals surface area contributed by atoms with Gasteiger partial charge in [-0.2, -0.15) is 13.2 Å². The average molecular weight is 227 g/mol. The van der Waals surface area contributed by atoms with Gasteiger partial charge in [-0.05, 0) is 18.6 Å². The van der Waals surface area contributed by atoms with E-state index in [0.717, 1.165) is 5.56 Å². The molecule has 0 saturated heterocycles. The molecule has 0 radical (unpaired) electrons. The molecule has 3 nitrogen and oxygen atoms in total. The van der Waals surface area contributed by atoms with E-state index in [0.29, 0.717) is 0 Å². The first-order valence-corrected chi connectivity index (χ1v) is 4.49. The first-order chi connectivity index (χ1) is 7.38. The highest BCUT2D eigenvalue weighted by molar-refractivity contribution is 5.82. The minimum atomic E-state index is -4.52. The molecule has 2 rings (SSSR count). The number of aromatic nitrogens is 2. The van der Waals surface area contributed by atoms with Crippen molar-refractivity contribution in [3.05, 3.63) is 29.5 Å². The minimum Gasteiger partial charge on any atom is -0.368 e. The van der Waals surface area contributed by atoms with Crippen molar-refractivity contribution in [2.75, 3.05) is 5.73 Å². The molecular formula is C10H8F3N3. The second kappa shape index (κ2) is 3.33. The fraction of sp³-hybridized carbons (Fsp3) is 0.200. The number of alkyl halides is 3. The standard InChI is InChI=1S/C10H8F3N3/c1-5-2-3-6-7(4-5)15-9(14)16-8(6)10(11,12)13/h2-4H,1H3,(H2,14,15,16). The normalized spacial score (nSPS) is 12.0. The van der Waals surface area contributed by atoms with Crippen molar-refractivity contribution in [3.63, 3.8) is 0 Å². The van der Waals surface area contributed by atoms with Crippen LogP contribution in [-0.2, 0) is 6.18 Å². The summed E-state index contributed by atoms with van der Waals surface area (Å²) < 4.78 is 38.0. The highest BCUT2D eigenvalue weighted by atomic mass is 19.4. The summed E-state index contributed by atoms with van der Waals surface area (Å²) in [5, 5.41) is -0.0349. The quantitative estimate of drug-likeness (QED) is 0.752. The molecule has 1 heterocycles. The Morgan fingerprint density at radius 3 is 2.50 bits per heavy atom. The van der Waals surface area contributed by atoms with Gasteiger partial charge in [0.15, 0.2) is 5.69 Å². The number of anilines is 1. The van der Waals surface area contributed by atoms with Crippen molar-refractivity contribution < 1.29 is 13.2 Å². The first-order valence-electron chi connectivity index (χ1n) is 4.49. The van der Waals surface area contributed by atoms with Gasteiger partial charge in [-0.25, -0.2) is 9.97 Å². The van der Waals surface area contributed by atoms with Gasteiger partial charge in [-0.15, -0.1) is 0 Å². The van der Waals surface area contributed by atoms with Crippen LogP contribution in [0.1, 0.15) is 11.3 Å². The van der Waals surface area contributed by atoms with Gasteiger partial charge in [-0.3, -0.25) is 0 Å². The fourth-order valence-corrected chi connectivity index (χ4v) is 1.47. The number of hydrogen-bond acceptors (Lipinski definition) is 3. The third-order valence-electron chi connectivity index (χ3n) is 2.14. The van der Waals surface area contributed by atoms with E-state index >= 15 is 0 Å². The number of nitrogens with zero attached hydrogens (tertiary/aromatic N) is 2. The maximum Gasteiger partial charge on any atom is 0.434 e. The molecule has 0 unspecified atom stereocenters. The number of rotatable bonds is 0. The Balaban J connectivity index is 2.83. The van der Waals surface area contributed by atoms with E-state index in [1.807, 2.05) is 0 Å². The molecule has 0 fully saturated rings. The van der Waals surface area contributed by atoms with Crippen LogP contribution in [0.4, 0.5) is 19.1 Å². The minimum absolute atomic E-state index is 0.0349. The average Bonchev–Trinajstić information content (AvgIpc) is 2.14. The van der Waals surface area contributed by atoms with E-state index < -0.39 is 11.9 Å². The molecule has 0 amide bonds. The molecule has 0 saturated carbocycles. The molecule has 0 atom stereocenters. The Labute approximate surface area is 89.1 Å². The molecule has 0 aliphatic rings. The lowest BCUT2D eigenvalue weighted by atomic mass is 10.1. The van der Waals surface area contributed by atoms with Gasteiger partial charge in [0.25, 0.3) is 0 Å². The summed E-state index contributed by atoms with van der Waals surface area (Å²) >= 11 is 0. The molecule has 6 heteroatoms. The van der Waals surface area contributed by atoms with Crippen LogP contribution in [0.2, 0.25) is 0 Å². The van der Waals surface area contributed by atoms with Crippen molar-refractivity contribution in [2.45, 2.75) is 13.1 Å². The lowest BCUT2D eigenvalue weighted by molar-refractivity contribution is -0.139. The molecule has 16 heavy (non-hydrogen) atoms. The number of benzene rings is 1. The summed E-state index contributed by atoms with van der Waals surface area (Å²) in [6.07, 6.45) is -4.52. The molecule has 0 aliphatic heterocycles. The largest absolute Gasteiger partial charge is 0.434 e. The van der Waals surface area contributed by atoms with E-state index in [1.54, 1.807) is 19.1 Å². The Morgan fingerprint density at radius 1 is 1.19 bits per heavy atom. The predicted molar refractivity (Wildman–Crippen MR) is 53.7 cm³/mol. The molecule has 0 bridgehead atoms. The van der Waals surface area contributed by atoms with Gasteiger partial charge >= 0.3 is 6.18 Å². The highest BCUT2D eigenvalue weighted by Crippen LogP contribution is 2.33. The number of aryl methyl sites for hydroxylation is 1. The van der Waals surface area contributed by atoms with Crippen LogP contribution in [0.25, 0.3) is 10.9 Å². The summed E-state index contributed by atoms with van der Waals surface area (Å²) in [6, 6.07) is 4.48. The van der Waals surface area contributed by atoms with E-state index in [1.165, 1.54) is 6.07 Å².